The first-order valence-corrected chi connectivity index (χ1v) is 49.9. The summed E-state index contributed by atoms with van der Waals surface area (Å²) in [5.74, 6) is -28.0. The largest absolute Gasteiger partial charge is 0.508 e. The van der Waals surface area contributed by atoms with E-state index in [2.05, 4.69) is 63.1 Å². The number of aliphatic hydroxyl groups excluding tert-OH is 6. The van der Waals surface area contributed by atoms with Crippen LogP contribution in [0.25, 0.3) is 21.8 Å². The molecular weight excluding hydrogens is 1890 g/mol. The van der Waals surface area contributed by atoms with Crippen molar-refractivity contribution in [2.45, 2.75) is 266 Å². The number of phenols is 1. The number of amides is 13. The molecule has 141 heavy (non-hydrogen) atoms. The van der Waals surface area contributed by atoms with E-state index in [1.54, 1.807) is 54.5 Å². The Morgan fingerprint density at radius 3 is 1.43 bits per heavy atom. The molecule has 0 saturated carbocycles. The number of aliphatic hydroxyl groups is 6. The third-order valence-corrected chi connectivity index (χ3v) is 29.8. The molecule has 5 unspecified atom stereocenters. The minimum Gasteiger partial charge on any atom is -0.508 e. The smallest absolute Gasteiger partial charge is 0.306 e. The van der Waals surface area contributed by atoms with Crippen LogP contribution in [0.5, 0.6) is 11.5 Å². The number of rotatable bonds is 20. The lowest BCUT2D eigenvalue weighted by molar-refractivity contribution is -0.168. The number of phenolic OH excluding ortho intramolecular Hbond substituents is 1. The van der Waals surface area contributed by atoms with Crippen molar-refractivity contribution < 1.29 is 145 Å². The van der Waals surface area contributed by atoms with E-state index in [0.717, 1.165) is 4.90 Å². The summed E-state index contributed by atoms with van der Waals surface area (Å²) in [5.41, 5.74) is 8.99. The lowest BCUT2D eigenvalue weighted by atomic mass is 9.82. The Balaban J connectivity index is 0.000000295. The Morgan fingerprint density at radius 2 is 0.957 bits per heavy atom. The van der Waals surface area contributed by atoms with Crippen molar-refractivity contribution in [1.82, 2.24) is 72.9 Å². The number of aromatic amines is 2. The number of ether oxygens (including phenoxy) is 2. The van der Waals surface area contributed by atoms with Gasteiger partial charge in [0.2, 0.25) is 82.5 Å². The van der Waals surface area contributed by atoms with Gasteiger partial charge < -0.3 is 125 Å². The minimum atomic E-state index is -2.38. The third kappa shape index (κ3) is 28.1. The van der Waals surface area contributed by atoms with Gasteiger partial charge in [-0.25, -0.2) is 4.90 Å². The number of carbonyl (C=O) groups excluding carboxylic acids is 19. The van der Waals surface area contributed by atoms with Gasteiger partial charge in [0.05, 0.1) is 144 Å². The van der Waals surface area contributed by atoms with Crippen LogP contribution in [-0.2, 0) is 130 Å². The van der Waals surface area contributed by atoms with E-state index in [1.807, 2.05) is 0 Å². The number of nitrogens with two attached hydrogens (primary N) is 2. The number of nitrogens with zero attached hydrogens (tertiary/aromatic N) is 2. The molecule has 23 atom stereocenters. The van der Waals surface area contributed by atoms with Gasteiger partial charge in [-0.15, -0.1) is 0 Å². The molecular formula is C93H130N16O30S2. The molecule has 13 amide bonds. The molecule has 7 aliphatic rings. The molecule has 2 aromatic carbocycles. The molecule has 9 heterocycles. The van der Waals surface area contributed by atoms with Gasteiger partial charge in [-0.1, -0.05) is 60.8 Å². The monoisotopic (exact) mass is 2010 g/mol. The van der Waals surface area contributed by atoms with E-state index in [0.29, 0.717) is 23.6 Å². The van der Waals surface area contributed by atoms with E-state index in [9.17, 15) is 126 Å². The molecule has 0 spiro atoms. The van der Waals surface area contributed by atoms with Crippen molar-refractivity contribution >= 4 is 155 Å². The van der Waals surface area contributed by atoms with Crippen LogP contribution >= 0.6 is 0 Å². The molecule has 0 radical (unpaired) electrons. The molecule has 774 valence electrons. The fourth-order valence-corrected chi connectivity index (χ4v) is 21.7. The van der Waals surface area contributed by atoms with Crippen LogP contribution < -0.4 is 69.4 Å². The summed E-state index contributed by atoms with van der Waals surface area (Å²) in [6, 6.07) is -3.64. The highest BCUT2D eigenvalue weighted by Gasteiger charge is 2.58. The number of benzene rings is 2. The van der Waals surface area contributed by atoms with E-state index >= 15 is 9.59 Å². The molecule has 23 N–H and O–H groups in total. The van der Waals surface area contributed by atoms with E-state index in [4.69, 9.17) is 20.9 Å². The van der Waals surface area contributed by atoms with Crippen LogP contribution in [0.15, 0.2) is 46.5 Å². The number of aromatic hydroxyl groups is 1. The first-order chi connectivity index (χ1) is 66.5. The average molecular weight is 2020 g/mol. The molecule has 11 rings (SSSR count). The number of primary amides is 2. The average Bonchev–Trinajstić information content (AvgIpc) is 1.62. The highest BCUT2D eigenvalue weighted by molar-refractivity contribution is 7.85. The molecule has 0 aliphatic carbocycles. The second kappa shape index (κ2) is 48.7. The predicted octanol–water partition coefficient (Wildman–Crippen LogP) is -4.76. The molecule has 48 heteroatoms. The van der Waals surface area contributed by atoms with Crippen LogP contribution in [0.2, 0.25) is 0 Å². The zero-order chi connectivity index (χ0) is 104. The predicted molar refractivity (Wildman–Crippen MR) is 500 cm³/mol. The Kier molecular flexibility index (Phi) is 38.4. The zero-order valence-corrected chi connectivity index (χ0v) is 81.6. The van der Waals surface area contributed by atoms with Crippen molar-refractivity contribution in [1.29, 1.82) is 0 Å². The van der Waals surface area contributed by atoms with Crippen molar-refractivity contribution in [3.05, 3.63) is 47.5 Å². The highest BCUT2D eigenvalue weighted by atomic mass is 32.2. The Labute approximate surface area is 816 Å². The lowest BCUT2D eigenvalue weighted by Gasteiger charge is -2.45. The second-order valence-electron chi connectivity index (χ2n) is 38.6. The molecule has 2 aromatic heterocycles. The molecule has 4 aromatic rings. The Morgan fingerprint density at radius 1 is 0.525 bits per heavy atom. The van der Waals surface area contributed by atoms with Gasteiger partial charge in [-0.2, -0.15) is 0 Å². The molecule has 2 saturated heterocycles. The van der Waals surface area contributed by atoms with E-state index in [-0.39, 0.29) is 88.7 Å². The third-order valence-electron chi connectivity index (χ3n) is 26.9. The number of hydrogen-bond donors (Lipinski definition) is 21. The van der Waals surface area contributed by atoms with Crippen LogP contribution in [0.3, 0.4) is 0 Å². The number of H-pyrrole nitrogens is 2. The second-order valence-corrected chi connectivity index (χ2v) is 41.4. The van der Waals surface area contributed by atoms with Gasteiger partial charge in [0.1, 0.15) is 45.3 Å². The lowest BCUT2D eigenvalue weighted by Crippen LogP contribution is -2.65. The SMILES string of the molecule is CC[C@H](C)[C@@H]1NC(=O)CNC(=O)[C@@H]2CC(=O)[C@H]([C@@H](C)[C@@H](O)CO)NC(=O)[C@@H]3CC(O)CN3C(=O)[C@H](CC(N)=O)CC(=O)C(C[S@@](=O)c3[nH]c4cc(O)ccc4c3C2)NC(=O)CNC1=O.CC[C@H](C)[C@@H]1NC(=O)CNC(=O)[C@@H]2CC(=O)[C@H]([C@@H](C)[C@@H](O)CO)NC(=O)[C@@H]3CC(O)CN3C3(CCCCCC(=O)OC(C)(C)C)Oc4ccc5c(c([nH]c5c4)[S@](=O)CC(NC(=O)CNC1=O)C(=O)C[C@@H](CC(N)=O)C3=O)C2. The van der Waals surface area contributed by atoms with Gasteiger partial charge in [0, 0.05) is 123 Å². The quantitative estimate of drug-likeness (QED) is 0.0292. The molecule has 2 fully saturated rings. The number of fused-ring (bicyclic) bond motifs is 12. The number of nitrogens with one attached hydrogen (secondary N) is 12. The minimum absolute atomic E-state index is 0.0130. The van der Waals surface area contributed by atoms with Gasteiger partial charge in [-0.05, 0) is 100 Å². The molecule has 10 bridgehead atoms. The summed E-state index contributed by atoms with van der Waals surface area (Å²) in [7, 11) is -4.63. The van der Waals surface area contributed by atoms with Crippen molar-refractivity contribution in [3.63, 3.8) is 0 Å². The van der Waals surface area contributed by atoms with Crippen molar-refractivity contribution in [2.24, 2.45) is 58.8 Å². The fraction of sp³-hybridized carbons (Fsp3) is 0.624. The number of unbranched alkanes of at least 4 members (excludes halogenated alkanes) is 2. The maximum Gasteiger partial charge on any atom is 0.306 e. The zero-order valence-electron chi connectivity index (χ0n) is 80.0. The maximum atomic E-state index is 16.0. The first kappa shape index (κ1) is 111. The van der Waals surface area contributed by atoms with Gasteiger partial charge in [0.25, 0.3) is 0 Å². The van der Waals surface area contributed by atoms with Crippen LogP contribution in [0.4, 0.5) is 0 Å². The number of Topliss-reactive ketones (excluding diaryl/α,β-unsaturated/α-hetero) is 5. The van der Waals surface area contributed by atoms with Crippen molar-refractivity contribution in [2.75, 3.05) is 64.0 Å². The normalized spacial score (nSPS) is 28.7. The standard InChI is InChI=1S/C52H74N8O16S.C41H56N8O14S/c1-7-26(2)44-49(73)55-21-41(67)56-35-25-77(74)50-33-15-29(47(71)54-22-42(68)58-44)17-38(64)45(27(3)39(65)24-61)59-48(72)36-19-30(62)23-60(36)52(46(70)28(16-37(35)63)18-40(53)66,75-31-12-13-32(33)34(20-31)57-50)14-10-8-9-11-43(69)76-51(4,5)6;1-4-18(2)35-39(61)44-13-33(57)45-27-17-64(63)40-25(24-6-5-22(51)11-26(24)46-40)7-20(37(59)43-14-34(58)47-35)8-30(54)36(19(3)31(55)16-50)48-38(60)28-12-23(52)15-49(28)41(62)21(9-29(27)53)10-32(42)56/h12-13,20,26-30,35-36,39,44-45,57,61-62,65H,7-11,14-19,21-25H2,1-6H3,(H2,53,66)(H,54,71)(H,55,73)(H,56,67)(H,58,68)(H,59,72);5-6,11,18-21,23,27-28,31,35-36,46,50-52,55H,4,7-10,12-17H2,1-3H3,(H2,42,56)(H,43,59)(H,44,61)(H,45,57)(H,47,58)(H,48,60)/t26-,27-,28-,29-,30?,35?,36-,39-,44-,45-,52?,77+;18-,19-,20-,21-,23?,27?,28-,31-,35-,36-,64+/m00/s1. The van der Waals surface area contributed by atoms with Gasteiger partial charge in [0.15, 0.2) is 28.9 Å². The van der Waals surface area contributed by atoms with Gasteiger partial charge >= 0.3 is 5.97 Å². The van der Waals surface area contributed by atoms with E-state index in [1.165, 1.54) is 49.1 Å². The summed E-state index contributed by atoms with van der Waals surface area (Å²) in [5, 5.41) is 100. The van der Waals surface area contributed by atoms with Crippen LogP contribution in [0, 0.1) is 47.3 Å². The summed E-state index contributed by atoms with van der Waals surface area (Å²) < 4.78 is 42.0. The maximum absolute atomic E-state index is 16.0. The number of carbonyl (C=O) groups is 19. The van der Waals surface area contributed by atoms with Crippen LogP contribution in [0.1, 0.15) is 170 Å². The topological polar surface area (TPSA) is 729 Å². The summed E-state index contributed by atoms with van der Waals surface area (Å²) >= 11 is 0. The highest BCUT2D eigenvalue weighted by Crippen LogP contribution is 2.42. The molecule has 7 aliphatic heterocycles. The first-order valence-electron chi connectivity index (χ1n) is 47.3. The molecule has 46 nitrogen and oxygen atoms in total. The number of esters is 1. The summed E-state index contributed by atoms with van der Waals surface area (Å²) in [6.45, 7) is 9.24. The van der Waals surface area contributed by atoms with Crippen LogP contribution in [-0.4, -0.2) is 324 Å². The number of aromatic nitrogens is 2. The number of ketones is 5. The Hall–Kier alpha value is -11.9. The summed E-state index contributed by atoms with van der Waals surface area (Å²) in [6.07, 6.45) is -11.0. The summed E-state index contributed by atoms with van der Waals surface area (Å²) in [4.78, 5) is 275. The van der Waals surface area contributed by atoms with Gasteiger partial charge in [-0.3, -0.25) is 99.5 Å². The number of hydrogen-bond acceptors (Lipinski definition) is 31. The fourth-order valence-electron chi connectivity index (χ4n) is 18.8. The van der Waals surface area contributed by atoms with Crippen molar-refractivity contribution in [3.8, 4) is 11.5 Å². The van der Waals surface area contributed by atoms with E-state index < -0.39 is 380 Å². The Bertz CT molecular complexity index is 5490.